The number of para-hydroxylation sites is 2. The molecule has 0 radical (unpaired) electrons. The molecule has 0 atom stereocenters. The van der Waals surface area contributed by atoms with Gasteiger partial charge in [0, 0.05) is 12.2 Å². The maximum absolute atomic E-state index is 12.4. The summed E-state index contributed by atoms with van der Waals surface area (Å²) in [7, 11) is -3.48. The molecule has 0 bridgehead atoms. The number of rotatable bonds is 8. The average Bonchev–Trinajstić information content (AvgIpc) is 2.64. The molecule has 0 fully saturated rings. The van der Waals surface area contributed by atoms with E-state index < -0.39 is 10.0 Å². The number of sulfonamides is 1. The molecule has 2 amide bonds. The number of nitrogens with zero attached hydrogens (tertiary/aromatic N) is 1. The molecule has 2 aromatic rings. The molecule has 7 heteroatoms. The Labute approximate surface area is 161 Å². The quantitative estimate of drug-likeness (QED) is 0.726. The lowest BCUT2D eigenvalue weighted by Crippen LogP contribution is -2.40. The smallest absolute Gasteiger partial charge is 0.319 e. The SMILES string of the molecule is CCc1cccc(CC)c1N(CCNC(=O)Nc1ccccc1)S(C)(=O)=O. The summed E-state index contributed by atoms with van der Waals surface area (Å²) in [6.45, 7) is 4.38. The number of benzene rings is 2. The molecule has 2 N–H and O–H groups in total. The van der Waals surface area contributed by atoms with Crippen LogP contribution in [0.3, 0.4) is 0 Å². The van der Waals surface area contributed by atoms with Gasteiger partial charge >= 0.3 is 6.03 Å². The van der Waals surface area contributed by atoms with Gasteiger partial charge in [-0.25, -0.2) is 13.2 Å². The summed E-state index contributed by atoms with van der Waals surface area (Å²) >= 11 is 0. The van der Waals surface area contributed by atoms with E-state index >= 15 is 0 Å². The minimum Gasteiger partial charge on any atom is -0.336 e. The molecule has 0 spiro atoms. The highest BCUT2D eigenvalue weighted by Gasteiger charge is 2.22. The topological polar surface area (TPSA) is 78.5 Å². The van der Waals surface area contributed by atoms with E-state index in [1.165, 1.54) is 10.6 Å². The van der Waals surface area contributed by atoms with Gasteiger partial charge < -0.3 is 10.6 Å². The third-order valence-electron chi connectivity index (χ3n) is 4.25. The second-order valence-corrected chi connectivity index (χ2v) is 8.12. The number of anilines is 2. The van der Waals surface area contributed by atoms with Crippen molar-refractivity contribution >= 4 is 27.4 Å². The molecule has 0 heterocycles. The zero-order chi connectivity index (χ0) is 19.9. The van der Waals surface area contributed by atoms with Crippen LogP contribution in [0.4, 0.5) is 16.2 Å². The third-order valence-corrected chi connectivity index (χ3v) is 5.41. The molecule has 0 aliphatic rings. The van der Waals surface area contributed by atoms with E-state index in [0.717, 1.165) is 29.7 Å². The molecule has 0 saturated heterocycles. The van der Waals surface area contributed by atoms with Crippen LogP contribution in [-0.4, -0.2) is 33.8 Å². The van der Waals surface area contributed by atoms with E-state index in [-0.39, 0.29) is 19.1 Å². The average molecular weight is 390 g/mol. The molecule has 2 rings (SSSR count). The molecule has 146 valence electrons. The van der Waals surface area contributed by atoms with Gasteiger partial charge in [-0.3, -0.25) is 4.31 Å². The molecular weight excluding hydrogens is 362 g/mol. The van der Waals surface area contributed by atoms with Crippen LogP contribution in [-0.2, 0) is 22.9 Å². The predicted molar refractivity (Wildman–Crippen MR) is 111 cm³/mol. The van der Waals surface area contributed by atoms with Crippen LogP contribution in [0.2, 0.25) is 0 Å². The second kappa shape index (κ2) is 9.41. The van der Waals surface area contributed by atoms with Crippen molar-refractivity contribution in [2.45, 2.75) is 26.7 Å². The maximum atomic E-state index is 12.4. The Hall–Kier alpha value is -2.54. The fourth-order valence-electron chi connectivity index (χ4n) is 2.95. The number of urea groups is 1. The third kappa shape index (κ3) is 5.72. The Morgan fingerprint density at radius 1 is 0.963 bits per heavy atom. The van der Waals surface area contributed by atoms with Crippen molar-refractivity contribution in [2.24, 2.45) is 0 Å². The van der Waals surface area contributed by atoms with Gasteiger partial charge in [0.25, 0.3) is 0 Å². The van der Waals surface area contributed by atoms with Gasteiger partial charge in [-0.05, 0) is 36.1 Å². The first-order valence-electron chi connectivity index (χ1n) is 9.05. The van der Waals surface area contributed by atoms with Crippen LogP contribution < -0.4 is 14.9 Å². The minimum atomic E-state index is -3.48. The van der Waals surface area contributed by atoms with Crippen molar-refractivity contribution in [1.82, 2.24) is 5.32 Å². The monoisotopic (exact) mass is 389 g/mol. The van der Waals surface area contributed by atoms with E-state index in [0.29, 0.717) is 5.69 Å². The Bertz CT molecular complexity index is 845. The lowest BCUT2D eigenvalue weighted by atomic mass is 10.0. The number of aryl methyl sites for hydroxylation is 2. The van der Waals surface area contributed by atoms with Crippen molar-refractivity contribution in [2.75, 3.05) is 29.0 Å². The van der Waals surface area contributed by atoms with Crippen LogP contribution in [0.15, 0.2) is 48.5 Å². The maximum Gasteiger partial charge on any atom is 0.319 e. The molecule has 0 aliphatic heterocycles. The summed E-state index contributed by atoms with van der Waals surface area (Å²) in [6, 6.07) is 14.6. The molecular formula is C20H27N3O3S. The van der Waals surface area contributed by atoms with Gasteiger partial charge in [-0.2, -0.15) is 0 Å². The van der Waals surface area contributed by atoms with Gasteiger partial charge in [0.15, 0.2) is 0 Å². The van der Waals surface area contributed by atoms with Crippen LogP contribution in [0.25, 0.3) is 0 Å². The van der Waals surface area contributed by atoms with Crippen LogP contribution in [0.1, 0.15) is 25.0 Å². The summed E-state index contributed by atoms with van der Waals surface area (Å²) < 4.78 is 26.3. The highest BCUT2D eigenvalue weighted by atomic mass is 32.2. The van der Waals surface area contributed by atoms with E-state index in [4.69, 9.17) is 0 Å². The van der Waals surface area contributed by atoms with Gasteiger partial charge in [0.05, 0.1) is 18.5 Å². The highest BCUT2D eigenvalue weighted by molar-refractivity contribution is 7.92. The number of nitrogens with one attached hydrogen (secondary N) is 2. The first-order valence-corrected chi connectivity index (χ1v) is 10.9. The van der Waals surface area contributed by atoms with E-state index in [1.807, 2.05) is 50.2 Å². The highest BCUT2D eigenvalue weighted by Crippen LogP contribution is 2.28. The summed E-state index contributed by atoms with van der Waals surface area (Å²) in [5.74, 6) is 0. The van der Waals surface area contributed by atoms with Crippen molar-refractivity contribution < 1.29 is 13.2 Å². The Kier molecular flexibility index (Phi) is 7.24. The van der Waals surface area contributed by atoms with Gasteiger partial charge in [-0.15, -0.1) is 0 Å². The first-order chi connectivity index (χ1) is 12.9. The Morgan fingerprint density at radius 3 is 2.07 bits per heavy atom. The number of hydrogen-bond acceptors (Lipinski definition) is 3. The summed E-state index contributed by atoms with van der Waals surface area (Å²) in [4.78, 5) is 12.0. The van der Waals surface area contributed by atoms with Gasteiger partial charge in [-0.1, -0.05) is 50.2 Å². The molecule has 0 aliphatic carbocycles. The summed E-state index contributed by atoms with van der Waals surface area (Å²) in [6.07, 6.45) is 2.66. The number of amides is 2. The number of carbonyl (C=O) groups excluding carboxylic acids is 1. The lowest BCUT2D eigenvalue weighted by molar-refractivity contribution is 0.252. The Morgan fingerprint density at radius 2 is 1.56 bits per heavy atom. The molecule has 2 aromatic carbocycles. The first kappa shape index (κ1) is 20.8. The number of carbonyl (C=O) groups is 1. The fraction of sp³-hybridized carbons (Fsp3) is 0.350. The standard InChI is InChI=1S/C20H27N3O3S/c1-4-16-10-9-11-17(5-2)19(16)23(27(3,25)26)15-14-21-20(24)22-18-12-7-6-8-13-18/h6-13H,4-5,14-15H2,1-3H3,(H2,21,22,24). The number of hydrogen-bond donors (Lipinski definition) is 2. The van der Waals surface area contributed by atoms with E-state index in [1.54, 1.807) is 12.1 Å². The van der Waals surface area contributed by atoms with Crippen LogP contribution in [0, 0.1) is 0 Å². The summed E-state index contributed by atoms with van der Waals surface area (Å²) in [5, 5.41) is 5.44. The van der Waals surface area contributed by atoms with E-state index in [2.05, 4.69) is 10.6 Å². The van der Waals surface area contributed by atoms with Crippen molar-refractivity contribution in [3.8, 4) is 0 Å². The van der Waals surface area contributed by atoms with Crippen molar-refractivity contribution in [3.05, 3.63) is 59.7 Å². The largest absolute Gasteiger partial charge is 0.336 e. The van der Waals surface area contributed by atoms with E-state index in [9.17, 15) is 13.2 Å². The zero-order valence-electron chi connectivity index (χ0n) is 16.0. The minimum absolute atomic E-state index is 0.172. The molecule has 27 heavy (non-hydrogen) atoms. The van der Waals surface area contributed by atoms with Gasteiger partial charge in [0.2, 0.25) is 10.0 Å². The lowest BCUT2D eigenvalue weighted by Gasteiger charge is -2.27. The zero-order valence-corrected chi connectivity index (χ0v) is 16.8. The Balaban J connectivity index is 2.12. The predicted octanol–water partition coefficient (Wildman–Crippen LogP) is 3.40. The molecule has 0 aromatic heterocycles. The van der Waals surface area contributed by atoms with Gasteiger partial charge in [0.1, 0.15) is 0 Å². The fourth-order valence-corrected chi connectivity index (χ4v) is 3.94. The van der Waals surface area contributed by atoms with Crippen molar-refractivity contribution in [1.29, 1.82) is 0 Å². The molecule has 0 saturated carbocycles. The van der Waals surface area contributed by atoms with Crippen LogP contribution in [0.5, 0.6) is 0 Å². The summed E-state index contributed by atoms with van der Waals surface area (Å²) in [5.41, 5.74) is 3.37. The normalized spacial score (nSPS) is 11.1. The molecule has 0 unspecified atom stereocenters. The second-order valence-electron chi connectivity index (χ2n) is 6.21. The molecule has 6 nitrogen and oxygen atoms in total. The van der Waals surface area contributed by atoms with Crippen molar-refractivity contribution in [3.63, 3.8) is 0 Å². The van der Waals surface area contributed by atoms with Crippen LogP contribution >= 0.6 is 0 Å².